The first-order valence-electron chi connectivity index (χ1n) is 8.90. The minimum absolute atomic E-state index is 0.00649. The first kappa shape index (κ1) is 17.5. The van der Waals surface area contributed by atoms with Crippen molar-refractivity contribution in [3.63, 3.8) is 0 Å². The summed E-state index contributed by atoms with van der Waals surface area (Å²) in [6, 6.07) is 17.1. The van der Waals surface area contributed by atoms with Crippen LogP contribution in [-0.2, 0) is 10.8 Å². The molecule has 2 aromatic rings. The molecule has 0 N–H and O–H groups in total. The van der Waals surface area contributed by atoms with E-state index in [0.29, 0.717) is 0 Å². The number of hydrogen-bond donors (Lipinski definition) is 0. The molecule has 0 saturated carbocycles. The van der Waals surface area contributed by atoms with Gasteiger partial charge in [0.1, 0.15) is 0 Å². The molecule has 0 atom stereocenters. The molecule has 0 amide bonds. The molecule has 2 aromatic carbocycles. The van der Waals surface area contributed by atoms with E-state index < -0.39 is 0 Å². The van der Waals surface area contributed by atoms with Gasteiger partial charge in [-0.05, 0) is 40.8 Å². The van der Waals surface area contributed by atoms with Gasteiger partial charge in [0.05, 0.1) is 5.69 Å². The van der Waals surface area contributed by atoms with E-state index in [1.54, 1.807) is 0 Å². The molecule has 2 nitrogen and oxygen atoms in total. The second-order valence-corrected chi connectivity index (χ2v) is 8.33. The number of aliphatic imine (C=N–C) groups is 1. The Hall–Kier alpha value is -2.35. The highest BCUT2D eigenvalue weighted by molar-refractivity contribution is 5.80. The SMILES string of the molecule is CN1/C(=C\C=Nc2ccc(C(C)(C)C)cc2)C(C)(C)c2ccccc21. The maximum absolute atomic E-state index is 4.63. The van der Waals surface area contributed by atoms with Crippen molar-refractivity contribution in [1.29, 1.82) is 0 Å². The summed E-state index contributed by atoms with van der Waals surface area (Å²) in [5.41, 5.74) is 6.40. The van der Waals surface area contributed by atoms with Crippen LogP contribution < -0.4 is 4.90 Å². The molecule has 3 rings (SSSR count). The Labute approximate surface area is 151 Å². The van der Waals surface area contributed by atoms with Gasteiger partial charge >= 0.3 is 0 Å². The standard InChI is InChI=1S/C23H28N2/c1-22(2,3)17-11-13-18(14-12-17)24-16-15-21-23(4,5)19-9-7-8-10-20(19)25(21)6/h7-16H,1-6H3/b21-15-,24-16?. The highest BCUT2D eigenvalue weighted by Gasteiger charge is 2.37. The van der Waals surface area contributed by atoms with Gasteiger partial charge in [-0.3, -0.25) is 4.99 Å². The molecule has 25 heavy (non-hydrogen) atoms. The van der Waals surface area contributed by atoms with E-state index in [1.807, 2.05) is 6.21 Å². The minimum atomic E-state index is -0.00649. The Balaban J connectivity index is 1.84. The van der Waals surface area contributed by atoms with Gasteiger partial charge in [-0.15, -0.1) is 0 Å². The number of para-hydroxylation sites is 1. The summed E-state index contributed by atoms with van der Waals surface area (Å²) in [7, 11) is 2.13. The Bertz CT molecular complexity index is 818. The van der Waals surface area contributed by atoms with Gasteiger partial charge in [0.2, 0.25) is 0 Å². The van der Waals surface area contributed by atoms with Crippen molar-refractivity contribution >= 4 is 17.6 Å². The second-order valence-electron chi connectivity index (χ2n) is 8.33. The zero-order valence-electron chi connectivity index (χ0n) is 16.2. The third-order valence-corrected chi connectivity index (χ3v) is 5.13. The summed E-state index contributed by atoms with van der Waals surface area (Å²) in [5.74, 6) is 0. The fraction of sp³-hybridized carbons (Fsp3) is 0.348. The molecular formula is C23H28N2. The van der Waals surface area contributed by atoms with Crippen molar-refractivity contribution in [3.05, 3.63) is 71.4 Å². The number of benzene rings is 2. The molecule has 1 aliphatic rings. The number of anilines is 1. The summed E-state index contributed by atoms with van der Waals surface area (Å²) in [5, 5.41) is 0. The van der Waals surface area contributed by atoms with E-state index in [1.165, 1.54) is 22.5 Å². The molecule has 2 heteroatoms. The average molecular weight is 332 g/mol. The van der Waals surface area contributed by atoms with Crippen molar-refractivity contribution in [2.75, 3.05) is 11.9 Å². The number of allylic oxidation sites excluding steroid dienone is 2. The second kappa shape index (κ2) is 6.18. The van der Waals surface area contributed by atoms with Gasteiger partial charge in [-0.25, -0.2) is 0 Å². The van der Waals surface area contributed by atoms with Crippen molar-refractivity contribution in [1.82, 2.24) is 0 Å². The van der Waals surface area contributed by atoms with Crippen LogP contribution in [0.2, 0.25) is 0 Å². The fourth-order valence-electron chi connectivity index (χ4n) is 3.54. The number of rotatable bonds is 2. The van der Waals surface area contributed by atoms with Crippen LogP contribution in [0.1, 0.15) is 45.7 Å². The molecule has 0 unspecified atom stereocenters. The van der Waals surface area contributed by atoms with E-state index in [9.17, 15) is 0 Å². The van der Waals surface area contributed by atoms with Crippen molar-refractivity contribution < 1.29 is 0 Å². The zero-order chi connectivity index (χ0) is 18.2. The zero-order valence-corrected chi connectivity index (χ0v) is 16.2. The van der Waals surface area contributed by atoms with E-state index in [0.717, 1.165) is 5.69 Å². The van der Waals surface area contributed by atoms with Crippen LogP contribution in [-0.4, -0.2) is 13.3 Å². The maximum Gasteiger partial charge on any atom is 0.0629 e. The van der Waals surface area contributed by atoms with E-state index in [-0.39, 0.29) is 10.8 Å². The molecule has 1 aliphatic heterocycles. The smallest absolute Gasteiger partial charge is 0.0629 e. The average Bonchev–Trinajstić information content (AvgIpc) is 2.76. The first-order valence-corrected chi connectivity index (χ1v) is 8.90. The van der Waals surface area contributed by atoms with Crippen molar-refractivity contribution in [2.45, 2.75) is 45.4 Å². The summed E-state index contributed by atoms with van der Waals surface area (Å²) in [4.78, 5) is 6.90. The normalized spacial score (nSPS) is 18.2. The van der Waals surface area contributed by atoms with E-state index in [2.05, 4.69) is 106 Å². The molecular weight excluding hydrogens is 304 g/mol. The van der Waals surface area contributed by atoms with Gasteiger partial charge in [0.25, 0.3) is 0 Å². The lowest BCUT2D eigenvalue weighted by Crippen LogP contribution is -2.23. The molecule has 0 spiro atoms. The summed E-state index contributed by atoms with van der Waals surface area (Å²) >= 11 is 0. The molecule has 0 radical (unpaired) electrons. The molecule has 0 bridgehead atoms. The molecule has 0 fully saturated rings. The van der Waals surface area contributed by atoms with E-state index in [4.69, 9.17) is 0 Å². The topological polar surface area (TPSA) is 15.6 Å². The highest BCUT2D eigenvalue weighted by Crippen LogP contribution is 2.46. The minimum Gasteiger partial charge on any atom is -0.347 e. The number of hydrogen-bond acceptors (Lipinski definition) is 2. The first-order chi connectivity index (χ1) is 11.7. The highest BCUT2D eigenvalue weighted by atomic mass is 15.2. The van der Waals surface area contributed by atoms with Gasteiger partial charge < -0.3 is 4.90 Å². The van der Waals surface area contributed by atoms with Crippen LogP contribution in [0, 0.1) is 0 Å². The lowest BCUT2D eigenvalue weighted by Gasteiger charge is -2.23. The number of likely N-dealkylation sites (N-methyl/N-ethyl adjacent to an activating group) is 1. The third kappa shape index (κ3) is 3.26. The molecule has 1 heterocycles. The number of fused-ring (bicyclic) bond motifs is 1. The third-order valence-electron chi connectivity index (χ3n) is 5.13. The largest absolute Gasteiger partial charge is 0.347 e. The number of nitrogens with zero attached hydrogens (tertiary/aromatic N) is 2. The van der Waals surface area contributed by atoms with Gasteiger partial charge in [0.15, 0.2) is 0 Å². The molecule has 0 saturated heterocycles. The monoisotopic (exact) mass is 332 g/mol. The summed E-state index contributed by atoms with van der Waals surface area (Å²) in [6.07, 6.45) is 4.06. The Kier molecular flexibility index (Phi) is 4.32. The van der Waals surface area contributed by atoms with Crippen LogP contribution in [0.5, 0.6) is 0 Å². The van der Waals surface area contributed by atoms with Gasteiger partial charge in [-0.1, -0.05) is 65.0 Å². The van der Waals surface area contributed by atoms with Crippen LogP contribution >= 0.6 is 0 Å². The predicted octanol–water partition coefficient (Wildman–Crippen LogP) is 6.00. The van der Waals surface area contributed by atoms with Gasteiger partial charge in [-0.2, -0.15) is 0 Å². The quantitative estimate of drug-likeness (QED) is 0.616. The van der Waals surface area contributed by atoms with Gasteiger partial charge in [0, 0.05) is 30.1 Å². The van der Waals surface area contributed by atoms with E-state index >= 15 is 0 Å². The summed E-state index contributed by atoms with van der Waals surface area (Å²) in [6.45, 7) is 11.2. The molecule has 130 valence electrons. The summed E-state index contributed by atoms with van der Waals surface area (Å²) < 4.78 is 0. The Morgan fingerprint density at radius 1 is 0.960 bits per heavy atom. The van der Waals surface area contributed by atoms with Crippen LogP contribution in [0.15, 0.2) is 65.3 Å². The van der Waals surface area contributed by atoms with Crippen molar-refractivity contribution in [2.24, 2.45) is 4.99 Å². The van der Waals surface area contributed by atoms with Crippen LogP contribution in [0.3, 0.4) is 0 Å². The lowest BCUT2D eigenvalue weighted by molar-refractivity contribution is 0.590. The predicted molar refractivity (Wildman–Crippen MR) is 109 cm³/mol. The maximum atomic E-state index is 4.63. The molecule has 0 aliphatic carbocycles. The van der Waals surface area contributed by atoms with Crippen LogP contribution in [0.4, 0.5) is 11.4 Å². The lowest BCUT2D eigenvalue weighted by atomic mass is 9.84. The van der Waals surface area contributed by atoms with Crippen LogP contribution in [0.25, 0.3) is 0 Å². The Morgan fingerprint density at radius 2 is 1.60 bits per heavy atom. The Morgan fingerprint density at radius 3 is 2.20 bits per heavy atom. The fourth-order valence-corrected chi connectivity index (χ4v) is 3.54. The van der Waals surface area contributed by atoms with Crippen molar-refractivity contribution in [3.8, 4) is 0 Å². The molecule has 0 aromatic heterocycles.